The molecule has 0 bridgehead atoms. The molecule has 1 aromatic carbocycles. The van der Waals surface area contributed by atoms with Crippen LogP contribution in [0.25, 0.3) is 0 Å². The maximum Gasteiger partial charge on any atom is 0.407 e. The maximum atomic E-state index is 12.9. The molecule has 1 aliphatic rings. The molecule has 0 aromatic heterocycles. The van der Waals surface area contributed by atoms with Crippen LogP contribution in [0.15, 0.2) is 30.3 Å². The van der Waals surface area contributed by atoms with Crippen molar-refractivity contribution in [2.24, 2.45) is 5.92 Å². The molecule has 1 aromatic rings. The first-order valence-corrected chi connectivity index (χ1v) is 13.5. The monoisotopic (exact) mass is 533 g/mol. The third-order valence-electron chi connectivity index (χ3n) is 6.14. The number of aliphatic carboxylic acids is 1. The summed E-state index contributed by atoms with van der Waals surface area (Å²) < 4.78 is 10.9. The van der Waals surface area contributed by atoms with Crippen LogP contribution in [-0.4, -0.2) is 71.8 Å². The van der Waals surface area contributed by atoms with E-state index in [-0.39, 0.29) is 24.3 Å². The second-order valence-corrected chi connectivity index (χ2v) is 10.6. The minimum atomic E-state index is -0.995. The summed E-state index contributed by atoms with van der Waals surface area (Å²) in [5, 5.41) is 14.8. The summed E-state index contributed by atoms with van der Waals surface area (Å²) in [7, 11) is 0. The average molecular weight is 534 g/mol. The molecule has 212 valence electrons. The smallest absolute Gasteiger partial charge is 0.407 e. The number of hydrogen-bond acceptors (Lipinski definition) is 6. The maximum absolute atomic E-state index is 12.9. The molecule has 0 saturated carbocycles. The zero-order valence-corrected chi connectivity index (χ0v) is 22.9. The molecule has 1 saturated heterocycles. The van der Waals surface area contributed by atoms with Gasteiger partial charge in [-0.1, -0.05) is 24.6 Å². The van der Waals surface area contributed by atoms with Crippen molar-refractivity contribution in [1.29, 1.82) is 0 Å². The van der Waals surface area contributed by atoms with E-state index in [1.165, 1.54) is 0 Å². The molecular weight excluding hydrogens is 490 g/mol. The Labute approximate surface area is 225 Å². The van der Waals surface area contributed by atoms with Gasteiger partial charge in [-0.3, -0.25) is 14.4 Å². The molecule has 1 heterocycles. The van der Waals surface area contributed by atoms with Crippen LogP contribution in [0.5, 0.6) is 5.75 Å². The normalized spacial score (nSPS) is 17.2. The standard InChI is InChI=1S/C28H43N3O7/c1-28(2,3)38-27(36)29-15-9-5-8-14-24(32)30-20-22-18-21(19-25(33)34)26(35)31(22)16-10-11-17-37-23-12-6-4-7-13-23/h4,6-7,12-13,21-22H,5,8-11,14-20H2,1-3H3,(H,29,36)(H,30,32)(H,33,34)/t21-,22-/m0/s1. The van der Waals surface area contributed by atoms with Gasteiger partial charge in [0.25, 0.3) is 0 Å². The molecular formula is C28H43N3O7. The van der Waals surface area contributed by atoms with Crippen molar-refractivity contribution in [3.05, 3.63) is 30.3 Å². The van der Waals surface area contributed by atoms with Gasteiger partial charge in [0.2, 0.25) is 11.8 Å². The van der Waals surface area contributed by atoms with Crippen molar-refractivity contribution in [3.63, 3.8) is 0 Å². The minimum Gasteiger partial charge on any atom is -0.494 e. The predicted octanol–water partition coefficient (Wildman–Crippen LogP) is 3.74. The molecule has 10 nitrogen and oxygen atoms in total. The Morgan fingerprint density at radius 3 is 2.45 bits per heavy atom. The fourth-order valence-electron chi connectivity index (χ4n) is 4.34. The summed E-state index contributed by atoms with van der Waals surface area (Å²) in [6, 6.07) is 9.29. The number of hydrogen-bond donors (Lipinski definition) is 3. The van der Waals surface area contributed by atoms with E-state index < -0.39 is 23.6 Å². The third-order valence-corrected chi connectivity index (χ3v) is 6.14. The lowest BCUT2D eigenvalue weighted by molar-refractivity contribution is -0.142. The second kappa shape index (κ2) is 15.8. The van der Waals surface area contributed by atoms with Gasteiger partial charge in [-0.2, -0.15) is 0 Å². The summed E-state index contributed by atoms with van der Waals surface area (Å²) in [4.78, 5) is 49.8. The number of rotatable bonds is 16. The lowest BCUT2D eigenvalue weighted by Crippen LogP contribution is -2.42. The second-order valence-electron chi connectivity index (χ2n) is 10.6. The Morgan fingerprint density at radius 2 is 1.76 bits per heavy atom. The van der Waals surface area contributed by atoms with Crippen LogP contribution in [0.3, 0.4) is 0 Å². The van der Waals surface area contributed by atoms with Gasteiger partial charge in [0.15, 0.2) is 0 Å². The number of carboxylic acids is 1. The molecule has 2 rings (SSSR count). The Morgan fingerprint density at radius 1 is 1.03 bits per heavy atom. The number of nitrogens with zero attached hydrogens (tertiary/aromatic N) is 1. The van der Waals surface area contributed by atoms with E-state index in [9.17, 15) is 24.3 Å². The van der Waals surface area contributed by atoms with Gasteiger partial charge < -0.3 is 30.1 Å². The van der Waals surface area contributed by atoms with Crippen molar-refractivity contribution < 1.29 is 33.8 Å². The van der Waals surface area contributed by atoms with E-state index in [1.807, 2.05) is 30.3 Å². The number of amides is 3. The lowest BCUT2D eigenvalue weighted by Gasteiger charge is -2.25. The van der Waals surface area contributed by atoms with Gasteiger partial charge in [-0.15, -0.1) is 0 Å². The van der Waals surface area contributed by atoms with Gasteiger partial charge in [0.05, 0.1) is 18.9 Å². The van der Waals surface area contributed by atoms with E-state index in [4.69, 9.17) is 9.47 Å². The fourth-order valence-corrected chi connectivity index (χ4v) is 4.34. The Hall–Kier alpha value is -3.30. The van der Waals surface area contributed by atoms with E-state index in [2.05, 4.69) is 10.6 Å². The number of alkyl carbamates (subject to hydrolysis) is 1. The number of nitrogens with one attached hydrogen (secondary N) is 2. The number of benzene rings is 1. The molecule has 0 radical (unpaired) electrons. The van der Waals surface area contributed by atoms with Gasteiger partial charge in [-0.05, 0) is 65.0 Å². The molecule has 1 fully saturated rings. The highest BCUT2D eigenvalue weighted by atomic mass is 16.6. The zero-order chi connectivity index (χ0) is 28.0. The number of likely N-dealkylation sites (tertiary alicyclic amines) is 1. The first-order chi connectivity index (χ1) is 18.0. The number of unbranched alkanes of at least 4 members (excludes halogenated alkanes) is 3. The number of ether oxygens (including phenoxy) is 2. The average Bonchev–Trinajstić information content (AvgIpc) is 3.12. The van der Waals surface area contributed by atoms with Crippen LogP contribution in [0.4, 0.5) is 4.79 Å². The summed E-state index contributed by atoms with van der Waals surface area (Å²) in [6.07, 6.45) is 3.79. The third kappa shape index (κ3) is 12.3. The van der Waals surface area contributed by atoms with E-state index >= 15 is 0 Å². The summed E-state index contributed by atoms with van der Waals surface area (Å²) in [5.41, 5.74) is -0.536. The Balaban J connectivity index is 1.68. The zero-order valence-electron chi connectivity index (χ0n) is 22.9. The summed E-state index contributed by atoms with van der Waals surface area (Å²) >= 11 is 0. The van der Waals surface area contributed by atoms with Crippen LogP contribution >= 0.6 is 0 Å². The largest absolute Gasteiger partial charge is 0.494 e. The quantitative estimate of drug-likeness (QED) is 0.276. The fraction of sp³-hybridized carbons (Fsp3) is 0.643. The van der Waals surface area contributed by atoms with Crippen LogP contribution in [0, 0.1) is 5.92 Å². The van der Waals surface area contributed by atoms with Crippen molar-refractivity contribution in [2.45, 2.75) is 83.8 Å². The molecule has 0 unspecified atom stereocenters. The van der Waals surface area contributed by atoms with E-state index in [1.54, 1.807) is 25.7 Å². The highest BCUT2D eigenvalue weighted by molar-refractivity contribution is 5.85. The van der Waals surface area contributed by atoms with Gasteiger partial charge in [-0.25, -0.2) is 4.79 Å². The number of carbonyl (C=O) groups is 4. The first-order valence-electron chi connectivity index (χ1n) is 13.5. The van der Waals surface area contributed by atoms with E-state index in [0.29, 0.717) is 45.5 Å². The lowest BCUT2D eigenvalue weighted by atomic mass is 10.0. The highest BCUT2D eigenvalue weighted by Gasteiger charge is 2.40. The van der Waals surface area contributed by atoms with Crippen molar-refractivity contribution in [3.8, 4) is 5.75 Å². The summed E-state index contributed by atoms with van der Waals surface area (Å²) in [5.74, 6) is -1.02. The SMILES string of the molecule is CC(C)(C)OC(=O)NCCCCCC(=O)NC[C@@H]1C[C@@H](CC(=O)O)C(=O)N1CCCCOc1ccccc1. The molecule has 10 heteroatoms. The van der Waals surface area contributed by atoms with Crippen molar-refractivity contribution >= 4 is 23.9 Å². The van der Waals surface area contributed by atoms with Crippen LogP contribution in [0.1, 0.15) is 72.1 Å². The van der Waals surface area contributed by atoms with Crippen molar-refractivity contribution in [1.82, 2.24) is 15.5 Å². The highest BCUT2D eigenvalue weighted by Crippen LogP contribution is 2.27. The number of para-hydroxylation sites is 1. The molecule has 1 aliphatic heterocycles. The first kappa shape index (κ1) is 30.9. The molecule has 2 atom stereocenters. The molecule has 0 spiro atoms. The Kier molecular flexibility index (Phi) is 12.9. The topological polar surface area (TPSA) is 134 Å². The van der Waals surface area contributed by atoms with Crippen LogP contribution in [0.2, 0.25) is 0 Å². The molecule has 3 N–H and O–H groups in total. The minimum absolute atomic E-state index is 0.101. The molecule has 3 amide bonds. The number of carbonyl (C=O) groups excluding carboxylic acids is 3. The van der Waals surface area contributed by atoms with Crippen molar-refractivity contribution in [2.75, 3.05) is 26.2 Å². The molecule has 0 aliphatic carbocycles. The van der Waals surface area contributed by atoms with Gasteiger partial charge >= 0.3 is 12.1 Å². The predicted molar refractivity (Wildman–Crippen MR) is 143 cm³/mol. The summed E-state index contributed by atoms with van der Waals surface area (Å²) in [6.45, 7) is 7.23. The van der Waals surface area contributed by atoms with Crippen LogP contribution in [-0.2, 0) is 19.1 Å². The number of carboxylic acid groups (broad SMARTS) is 1. The molecule has 38 heavy (non-hydrogen) atoms. The van der Waals surface area contributed by atoms with Gasteiger partial charge in [0.1, 0.15) is 11.4 Å². The van der Waals surface area contributed by atoms with E-state index in [0.717, 1.165) is 31.4 Å². The van der Waals surface area contributed by atoms with Gasteiger partial charge in [0, 0.05) is 32.1 Å². The van der Waals surface area contributed by atoms with Crippen LogP contribution < -0.4 is 15.4 Å². The Bertz CT molecular complexity index is 901.